The Hall–Kier alpha value is -2.02. The summed E-state index contributed by atoms with van der Waals surface area (Å²) in [6.45, 7) is 1.63. The summed E-state index contributed by atoms with van der Waals surface area (Å²) in [7, 11) is 0. The van der Waals surface area contributed by atoms with E-state index in [2.05, 4.69) is 10.3 Å². The number of nitrogens with zero attached hydrogens (tertiary/aromatic N) is 2. The molecular weight excluding hydrogens is 337 g/mol. The topological polar surface area (TPSA) is 71.5 Å². The van der Waals surface area contributed by atoms with Crippen molar-refractivity contribution in [2.45, 2.75) is 50.6 Å². The minimum absolute atomic E-state index is 0.0467. The zero-order valence-electron chi connectivity index (χ0n) is 14.6. The van der Waals surface area contributed by atoms with Gasteiger partial charge in [-0.3, -0.25) is 14.6 Å². The smallest absolute Gasteiger partial charge is 0.249 e. The number of nitrogens with one attached hydrogen (secondary N) is 1. The molecule has 0 unspecified atom stereocenters. The van der Waals surface area contributed by atoms with Crippen LogP contribution in [-0.4, -0.2) is 53.2 Å². The number of hydrogen-bond donors (Lipinski definition) is 1. The van der Waals surface area contributed by atoms with Crippen LogP contribution in [0.1, 0.15) is 31.2 Å². The van der Waals surface area contributed by atoms with Crippen molar-refractivity contribution in [3.63, 3.8) is 0 Å². The van der Waals surface area contributed by atoms with Crippen LogP contribution < -0.4 is 5.32 Å². The zero-order valence-corrected chi connectivity index (χ0v) is 14.6. The molecule has 1 saturated carbocycles. The van der Waals surface area contributed by atoms with E-state index in [-0.39, 0.29) is 23.8 Å². The maximum Gasteiger partial charge on any atom is 0.249 e. The predicted molar refractivity (Wildman–Crippen MR) is 91.7 cm³/mol. The highest BCUT2D eigenvalue weighted by atomic mass is 19.1. The van der Waals surface area contributed by atoms with Gasteiger partial charge in [0.05, 0.1) is 6.10 Å². The molecule has 140 valence electrons. The summed E-state index contributed by atoms with van der Waals surface area (Å²) in [4.78, 5) is 30.6. The number of carbonyl (C=O) groups excluding carboxylic acids is 2. The number of piperidine rings is 1. The quantitative estimate of drug-likeness (QED) is 0.881. The lowest BCUT2D eigenvalue weighted by Gasteiger charge is -2.39. The van der Waals surface area contributed by atoms with Crippen molar-refractivity contribution in [1.82, 2.24) is 15.2 Å². The minimum Gasteiger partial charge on any atom is -0.363 e. The number of pyridine rings is 1. The first kappa shape index (κ1) is 17.4. The van der Waals surface area contributed by atoms with E-state index in [1.165, 1.54) is 0 Å². The lowest BCUT2D eigenvalue weighted by Crippen LogP contribution is -2.50. The third-order valence-corrected chi connectivity index (χ3v) is 5.78. The normalized spacial score (nSPS) is 33.3. The van der Waals surface area contributed by atoms with Crippen LogP contribution >= 0.6 is 0 Å². The van der Waals surface area contributed by atoms with Crippen LogP contribution in [0, 0.1) is 11.8 Å². The van der Waals surface area contributed by atoms with E-state index in [4.69, 9.17) is 4.74 Å². The van der Waals surface area contributed by atoms with Crippen LogP contribution in [0.3, 0.4) is 0 Å². The van der Waals surface area contributed by atoms with Gasteiger partial charge in [0.25, 0.3) is 0 Å². The number of ether oxygens (including phenoxy) is 1. The fraction of sp³-hybridized carbons (Fsp3) is 0.632. The molecule has 0 spiro atoms. The number of halogens is 1. The Bertz CT molecular complexity index is 665. The Kier molecular flexibility index (Phi) is 4.89. The van der Waals surface area contributed by atoms with Gasteiger partial charge in [0.2, 0.25) is 11.8 Å². The molecule has 0 radical (unpaired) electrons. The van der Waals surface area contributed by atoms with Gasteiger partial charge in [-0.25, -0.2) is 4.39 Å². The molecule has 26 heavy (non-hydrogen) atoms. The number of carbonyl (C=O) groups is 2. The summed E-state index contributed by atoms with van der Waals surface area (Å²) in [6.07, 6.45) is 4.28. The van der Waals surface area contributed by atoms with Gasteiger partial charge in [0.15, 0.2) is 0 Å². The van der Waals surface area contributed by atoms with E-state index in [1.807, 2.05) is 12.1 Å². The highest BCUT2D eigenvalue weighted by molar-refractivity contribution is 5.81. The molecule has 6 nitrogen and oxygen atoms in total. The monoisotopic (exact) mass is 361 g/mol. The number of fused-ring (bicyclic) bond motifs is 1. The minimum atomic E-state index is -0.822. The lowest BCUT2D eigenvalue weighted by atomic mass is 9.81. The SMILES string of the molecule is O=C(NCc1cccnc1)[C@H]1C[C@@H]2CCN(C(=O)C3CC(F)C3)C[C@H]2O1. The predicted octanol–water partition coefficient (Wildman–Crippen LogP) is 1.45. The number of amides is 2. The molecule has 3 fully saturated rings. The second kappa shape index (κ2) is 7.31. The standard InChI is InChI=1S/C19H24FN3O3/c20-15-6-14(7-15)19(25)23-5-3-13-8-16(26-17(13)11-23)18(24)22-10-12-2-1-4-21-9-12/h1-2,4,9,13-17H,3,5-8,10-11H2,(H,22,24)/t13-,14?,15?,16+,17+/m0/s1. The van der Waals surface area contributed by atoms with Crippen LogP contribution in [0.15, 0.2) is 24.5 Å². The fourth-order valence-corrected chi connectivity index (χ4v) is 4.11. The van der Waals surface area contributed by atoms with Crippen LogP contribution in [0.25, 0.3) is 0 Å². The van der Waals surface area contributed by atoms with Crippen LogP contribution in [0.2, 0.25) is 0 Å². The Morgan fingerprint density at radius 1 is 1.35 bits per heavy atom. The van der Waals surface area contributed by atoms with Gasteiger partial charge in [-0.15, -0.1) is 0 Å². The molecule has 1 aromatic heterocycles. The Balaban J connectivity index is 1.27. The van der Waals surface area contributed by atoms with Gasteiger partial charge in [-0.05, 0) is 43.2 Å². The van der Waals surface area contributed by atoms with E-state index >= 15 is 0 Å². The van der Waals surface area contributed by atoms with E-state index in [1.54, 1.807) is 17.3 Å². The van der Waals surface area contributed by atoms with E-state index in [0.29, 0.717) is 44.8 Å². The summed E-state index contributed by atoms with van der Waals surface area (Å²) in [6, 6.07) is 3.75. The molecule has 1 aromatic rings. The van der Waals surface area contributed by atoms with E-state index < -0.39 is 12.3 Å². The van der Waals surface area contributed by atoms with Gasteiger partial charge < -0.3 is 15.0 Å². The summed E-state index contributed by atoms with van der Waals surface area (Å²) in [5, 5.41) is 2.90. The molecule has 3 aliphatic rings. The summed E-state index contributed by atoms with van der Waals surface area (Å²) in [5.74, 6) is 0.0795. The van der Waals surface area contributed by atoms with Crippen LogP contribution in [-0.2, 0) is 20.9 Å². The average Bonchev–Trinajstić information content (AvgIpc) is 3.07. The molecule has 1 aliphatic carbocycles. The largest absolute Gasteiger partial charge is 0.363 e. The Morgan fingerprint density at radius 2 is 2.19 bits per heavy atom. The van der Waals surface area contributed by atoms with Gasteiger partial charge >= 0.3 is 0 Å². The first-order chi connectivity index (χ1) is 12.6. The number of aromatic nitrogens is 1. The van der Waals surface area contributed by atoms with Gasteiger partial charge in [0, 0.05) is 37.9 Å². The first-order valence-corrected chi connectivity index (χ1v) is 9.35. The van der Waals surface area contributed by atoms with Crippen molar-refractivity contribution in [2.24, 2.45) is 11.8 Å². The Morgan fingerprint density at radius 3 is 2.92 bits per heavy atom. The first-order valence-electron chi connectivity index (χ1n) is 9.35. The molecule has 2 aliphatic heterocycles. The maximum atomic E-state index is 13.0. The number of rotatable bonds is 4. The van der Waals surface area contributed by atoms with Gasteiger partial charge in [-0.1, -0.05) is 6.07 Å². The zero-order chi connectivity index (χ0) is 18.1. The molecule has 2 amide bonds. The van der Waals surface area contributed by atoms with Crippen molar-refractivity contribution in [2.75, 3.05) is 13.1 Å². The molecule has 4 rings (SSSR count). The van der Waals surface area contributed by atoms with E-state index in [0.717, 1.165) is 12.0 Å². The van der Waals surface area contributed by atoms with Crippen LogP contribution in [0.4, 0.5) is 4.39 Å². The molecule has 3 heterocycles. The second-order valence-corrected chi connectivity index (χ2v) is 7.58. The molecule has 3 atom stereocenters. The van der Waals surface area contributed by atoms with Crippen molar-refractivity contribution < 1.29 is 18.7 Å². The molecule has 0 aromatic carbocycles. The molecule has 2 saturated heterocycles. The molecule has 0 bridgehead atoms. The molecule has 1 N–H and O–H groups in total. The van der Waals surface area contributed by atoms with Crippen LogP contribution in [0.5, 0.6) is 0 Å². The van der Waals surface area contributed by atoms with Crippen molar-refractivity contribution in [3.05, 3.63) is 30.1 Å². The average molecular weight is 361 g/mol. The Labute approximate surface area is 152 Å². The van der Waals surface area contributed by atoms with E-state index in [9.17, 15) is 14.0 Å². The number of alkyl halides is 1. The summed E-state index contributed by atoms with van der Waals surface area (Å²) >= 11 is 0. The summed E-state index contributed by atoms with van der Waals surface area (Å²) < 4.78 is 19.0. The van der Waals surface area contributed by atoms with Crippen molar-refractivity contribution in [3.8, 4) is 0 Å². The third-order valence-electron chi connectivity index (χ3n) is 5.78. The number of hydrogen-bond acceptors (Lipinski definition) is 4. The molecule has 7 heteroatoms. The van der Waals surface area contributed by atoms with Gasteiger partial charge in [0.1, 0.15) is 12.3 Å². The maximum absolute atomic E-state index is 13.0. The van der Waals surface area contributed by atoms with Gasteiger partial charge in [-0.2, -0.15) is 0 Å². The highest BCUT2D eigenvalue weighted by Crippen LogP contribution is 2.36. The summed E-state index contributed by atoms with van der Waals surface area (Å²) in [5.41, 5.74) is 0.944. The molecular formula is C19H24FN3O3. The van der Waals surface area contributed by atoms with Crippen molar-refractivity contribution >= 4 is 11.8 Å². The van der Waals surface area contributed by atoms with Crippen molar-refractivity contribution in [1.29, 1.82) is 0 Å². The lowest BCUT2D eigenvalue weighted by molar-refractivity contribution is -0.145. The fourth-order valence-electron chi connectivity index (χ4n) is 4.11. The third kappa shape index (κ3) is 3.58. The highest BCUT2D eigenvalue weighted by Gasteiger charge is 2.45. The second-order valence-electron chi connectivity index (χ2n) is 7.58. The number of likely N-dealkylation sites (tertiary alicyclic amines) is 1.